The van der Waals surface area contributed by atoms with Crippen LogP contribution in [0.5, 0.6) is 0 Å². The van der Waals surface area contributed by atoms with Crippen molar-refractivity contribution in [2.24, 2.45) is 0 Å². The maximum Gasteiger partial charge on any atom is 0.280 e. The Morgan fingerprint density at radius 1 is 1.04 bits per heavy atom. The smallest absolute Gasteiger partial charge is 0.280 e. The lowest BCUT2D eigenvalue weighted by Crippen LogP contribution is -2.30. The van der Waals surface area contributed by atoms with Gasteiger partial charge in [-0.05, 0) is 17.0 Å². The van der Waals surface area contributed by atoms with E-state index in [4.69, 9.17) is 5.84 Å². The summed E-state index contributed by atoms with van der Waals surface area (Å²) in [6.45, 7) is 6.27. The number of nitrogens with zero attached hydrogens (tertiary/aromatic N) is 2. The number of nitrogens with two attached hydrogens (primary N) is 1. The Labute approximate surface area is 137 Å². The van der Waals surface area contributed by atoms with Gasteiger partial charge in [0.05, 0.1) is 10.9 Å². The van der Waals surface area contributed by atoms with E-state index in [0.29, 0.717) is 5.56 Å². The van der Waals surface area contributed by atoms with Crippen LogP contribution in [0.1, 0.15) is 26.3 Å². The van der Waals surface area contributed by atoms with Crippen molar-refractivity contribution >= 4 is 10.9 Å². The van der Waals surface area contributed by atoms with E-state index in [1.807, 2.05) is 12.1 Å². The molecular formula is C18H17F2N3O. The molecule has 0 amide bonds. The summed E-state index contributed by atoms with van der Waals surface area (Å²) in [6.07, 6.45) is 0. The highest BCUT2D eigenvalue weighted by Crippen LogP contribution is 2.25. The normalized spacial score (nSPS) is 11.9. The number of rotatable bonds is 1. The molecule has 1 aromatic heterocycles. The molecule has 124 valence electrons. The van der Waals surface area contributed by atoms with Gasteiger partial charge in [0.2, 0.25) is 0 Å². The molecule has 2 N–H and O–H groups in total. The van der Waals surface area contributed by atoms with E-state index in [1.165, 1.54) is 0 Å². The zero-order valence-electron chi connectivity index (χ0n) is 13.6. The van der Waals surface area contributed by atoms with Crippen LogP contribution in [0.4, 0.5) is 8.78 Å². The van der Waals surface area contributed by atoms with E-state index in [2.05, 4.69) is 25.8 Å². The molecule has 24 heavy (non-hydrogen) atoms. The highest BCUT2D eigenvalue weighted by molar-refractivity contribution is 5.80. The van der Waals surface area contributed by atoms with Gasteiger partial charge < -0.3 is 5.84 Å². The molecule has 0 unspecified atom stereocenters. The lowest BCUT2D eigenvalue weighted by atomic mass is 9.86. The van der Waals surface area contributed by atoms with Crippen molar-refractivity contribution in [3.8, 4) is 11.4 Å². The molecule has 0 aliphatic heterocycles. The fraction of sp³-hybridized carbons (Fsp3) is 0.222. The van der Waals surface area contributed by atoms with Crippen molar-refractivity contribution < 1.29 is 8.78 Å². The number of hydrogen-bond donors (Lipinski definition) is 1. The number of hydrogen-bond acceptors (Lipinski definition) is 3. The SMILES string of the molecule is CC(C)(C)c1ccc(-c2nc3cc(F)c(F)cc3c(=O)n2N)cc1. The largest absolute Gasteiger partial charge is 0.334 e. The third-order valence-corrected chi connectivity index (χ3v) is 3.95. The first-order chi connectivity index (χ1) is 11.2. The van der Waals surface area contributed by atoms with Gasteiger partial charge in [0.15, 0.2) is 17.5 Å². The van der Waals surface area contributed by atoms with Crippen LogP contribution < -0.4 is 11.4 Å². The van der Waals surface area contributed by atoms with E-state index in [-0.39, 0.29) is 22.1 Å². The Kier molecular flexibility index (Phi) is 3.63. The highest BCUT2D eigenvalue weighted by atomic mass is 19.2. The summed E-state index contributed by atoms with van der Waals surface area (Å²) in [5.74, 6) is 3.85. The van der Waals surface area contributed by atoms with E-state index >= 15 is 0 Å². The second-order valence-corrected chi connectivity index (χ2v) is 6.72. The monoisotopic (exact) mass is 329 g/mol. The third-order valence-electron chi connectivity index (χ3n) is 3.95. The second kappa shape index (κ2) is 5.40. The topological polar surface area (TPSA) is 60.9 Å². The van der Waals surface area contributed by atoms with Crippen LogP contribution in [0.3, 0.4) is 0 Å². The van der Waals surface area contributed by atoms with Crippen LogP contribution >= 0.6 is 0 Å². The summed E-state index contributed by atoms with van der Waals surface area (Å²) in [4.78, 5) is 16.6. The minimum Gasteiger partial charge on any atom is -0.334 e. The highest BCUT2D eigenvalue weighted by Gasteiger charge is 2.16. The fourth-order valence-corrected chi connectivity index (χ4v) is 2.52. The van der Waals surface area contributed by atoms with Crippen molar-refractivity contribution in [2.75, 3.05) is 5.84 Å². The summed E-state index contributed by atoms with van der Waals surface area (Å²) in [7, 11) is 0. The quantitative estimate of drug-likeness (QED) is 0.697. The van der Waals surface area contributed by atoms with Gasteiger partial charge in [-0.15, -0.1) is 0 Å². The van der Waals surface area contributed by atoms with E-state index in [0.717, 1.165) is 22.4 Å². The first-order valence-electron chi connectivity index (χ1n) is 7.46. The predicted molar refractivity (Wildman–Crippen MR) is 90.2 cm³/mol. The molecule has 0 radical (unpaired) electrons. The molecule has 3 rings (SSSR count). The molecule has 0 aliphatic rings. The standard InChI is InChI=1S/C18H17F2N3O/c1-18(2,3)11-6-4-10(5-7-11)16-22-15-9-14(20)13(19)8-12(15)17(24)23(16)21/h4-9H,21H2,1-3H3. The number of benzene rings is 2. The maximum atomic E-state index is 13.4. The molecule has 0 bridgehead atoms. The van der Waals surface area contributed by atoms with Gasteiger partial charge in [0, 0.05) is 11.6 Å². The molecule has 0 atom stereocenters. The summed E-state index contributed by atoms with van der Waals surface area (Å²) in [6, 6.07) is 9.18. The molecule has 0 saturated heterocycles. The van der Waals surface area contributed by atoms with Gasteiger partial charge in [0.25, 0.3) is 5.56 Å². The molecule has 2 aromatic carbocycles. The summed E-state index contributed by atoms with van der Waals surface area (Å²) in [5, 5.41) is -0.0635. The van der Waals surface area contributed by atoms with Crippen molar-refractivity contribution in [3.05, 3.63) is 63.9 Å². The molecule has 4 nitrogen and oxygen atoms in total. The zero-order chi connectivity index (χ0) is 17.6. The molecule has 6 heteroatoms. The van der Waals surface area contributed by atoms with Crippen LogP contribution in [-0.2, 0) is 5.41 Å². The third kappa shape index (κ3) is 2.64. The molecule has 1 heterocycles. The molecule has 0 saturated carbocycles. The van der Waals surface area contributed by atoms with Gasteiger partial charge in [-0.2, -0.15) is 0 Å². The zero-order valence-corrected chi connectivity index (χ0v) is 13.6. The summed E-state index contributed by atoms with van der Waals surface area (Å²) >= 11 is 0. The minimum atomic E-state index is -1.11. The Hall–Kier alpha value is -2.76. The minimum absolute atomic E-state index is 0.0155. The van der Waals surface area contributed by atoms with Gasteiger partial charge in [-0.1, -0.05) is 45.0 Å². The number of fused-ring (bicyclic) bond motifs is 1. The van der Waals surface area contributed by atoms with Crippen LogP contribution in [-0.4, -0.2) is 9.66 Å². The summed E-state index contributed by atoms with van der Waals surface area (Å²) < 4.78 is 27.6. The van der Waals surface area contributed by atoms with Gasteiger partial charge >= 0.3 is 0 Å². The summed E-state index contributed by atoms with van der Waals surface area (Å²) in [5.41, 5.74) is 1.16. The van der Waals surface area contributed by atoms with Gasteiger partial charge in [-0.25, -0.2) is 18.4 Å². The number of aromatic nitrogens is 2. The Morgan fingerprint density at radius 2 is 1.62 bits per heavy atom. The Bertz CT molecular complexity index is 986. The van der Waals surface area contributed by atoms with E-state index in [1.54, 1.807) is 12.1 Å². The predicted octanol–water partition coefficient (Wildman–Crippen LogP) is 3.35. The van der Waals surface area contributed by atoms with Crippen molar-refractivity contribution in [1.29, 1.82) is 0 Å². The van der Waals surface area contributed by atoms with Crippen molar-refractivity contribution in [3.63, 3.8) is 0 Å². The molecule has 0 spiro atoms. The van der Waals surface area contributed by atoms with Crippen LogP contribution in [0.15, 0.2) is 41.2 Å². The molecule has 0 aliphatic carbocycles. The lowest BCUT2D eigenvalue weighted by Gasteiger charge is -2.19. The van der Waals surface area contributed by atoms with Crippen LogP contribution in [0, 0.1) is 11.6 Å². The van der Waals surface area contributed by atoms with Crippen LogP contribution in [0.2, 0.25) is 0 Å². The first-order valence-corrected chi connectivity index (χ1v) is 7.46. The average molecular weight is 329 g/mol. The number of nitrogen functional groups attached to an aromatic ring is 1. The molecular weight excluding hydrogens is 312 g/mol. The van der Waals surface area contributed by atoms with Gasteiger partial charge in [-0.3, -0.25) is 4.79 Å². The Morgan fingerprint density at radius 3 is 2.21 bits per heavy atom. The van der Waals surface area contributed by atoms with Crippen LogP contribution in [0.25, 0.3) is 22.3 Å². The number of halogens is 2. The average Bonchev–Trinajstić information content (AvgIpc) is 2.52. The van der Waals surface area contributed by atoms with E-state index < -0.39 is 17.2 Å². The second-order valence-electron chi connectivity index (χ2n) is 6.72. The van der Waals surface area contributed by atoms with Crippen molar-refractivity contribution in [2.45, 2.75) is 26.2 Å². The molecule has 3 aromatic rings. The van der Waals surface area contributed by atoms with Crippen molar-refractivity contribution in [1.82, 2.24) is 9.66 Å². The van der Waals surface area contributed by atoms with Gasteiger partial charge in [0.1, 0.15) is 0 Å². The lowest BCUT2D eigenvalue weighted by molar-refractivity contribution is 0.510. The van der Waals surface area contributed by atoms with E-state index in [9.17, 15) is 13.6 Å². The Balaban J connectivity index is 2.21. The first kappa shape index (κ1) is 16.1. The molecule has 0 fully saturated rings. The fourth-order valence-electron chi connectivity index (χ4n) is 2.52. The maximum absolute atomic E-state index is 13.4.